The van der Waals surface area contributed by atoms with Gasteiger partial charge in [-0.05, 0) is 56.2 Å². The van der Waals surface area contributed by atoms with Gasteiger partial charge in [-0.1, -0.05) is 55.5 Å². The molecule has 0 bridgehead atoms. The Hall–Kier alpha value is -4.08. The summed E-state index contributed by atoms with van der Waals surface area (Å²) in [4.78, 5) is 57.3. The summed E-state index contributed by atoms with van der Waals surface area (Å²) >= 11 is 0. The number of anilines is 1. The molecular formula is C31H41N5O5. The number of carbonyl (C=O) groups is 4. The lowest BCUT2D eigenvalue weighted by atomic mass is 9.81. The number of alkyl carbamates (subject to hydrolysis) is 1. The van der Waals surface area contributed by atoms with Gasteiger partial charge in [-0.25, -0.2) is 9.59 Å². The number of piperazine rings is 1. The number of nitrogens with zero attached hydrogens (tertiary/aromatic N) is 3. The lowest BCUT2D eigenvalue weighted by Gasteiger charge is -2.51. The van der Waals surface area contributed by atoms with E-state index in [9.17, 15) is 19.2 Å². The Morgan fingerprint density at radius 3 is 2.34 bits per heavy atom. The van der Waals surface area contributed by atoms with Crippen molar-refractivity contribution in [2.45, 2.75) is 63.6 Å². The minimum absolute atomic E-state index is 0.0668. The Morgan fingerprint density at radius 1 is 1.02 bits per heavy atom. The number of hydrogen-bond acceptors (Lipinski definition) is 5. The summed E-state index contributed by atoms with van der Waals surface area (Å²) in [5.41, 5.74) is 0.786. The van der Waals surface area contributed by atoms with E-state index in [4.69, 9.17) is 4.74 Å². The number of likely N-dealkylation sites (tertiary alicyclic amines) is 1. The van der Waals surface area contributed by atoms with Gasteiger partial charge in [-0.15, -0.1) is 0 Å². The monoisotopic (exact) mass is 563 g/mol. The van der Waals surface area contributed by atoms with Gasteiger partial charge in [0.2, 0.25) is 11.8 Å². The second-order valence-electron chi connectivity index (χ2n) is 10.7. The number of para-hydroxylation sites is 1. The van der Waals surface area contributed by atoms with Gasteiger partial charge >= 0.3 is 12.1 Å². The quantitative estimate of drug-likeness (QED) is 0.426. The maximum atomic E-state index is 13.6. The van der Waals surface area contributed by atoms with E-state index in [0.717, 1.165) is 17.7 Å². The zero-order chi connectivity index (χ0) is 29.2. The Balaban J connectivity index is 1.25. The minimum Gasteiger partial charge on any atom is -0.445 e. The summed E-state index contributed by atoms with van der Waals surface area (Å²) < 4.78 is 5.22. The number of rotatable bonds is 10. The van der Waals surface area contributed by atoms with Gasteiger partial charge in [-0.3, -0.25) is 14.5 Å². The molecule has 2 aromatic rings. The van der Waals surface area contributed by atoms with Crippen LogP contribution in [0.4, 0.5) is 15.3 Å². The Bertz CT molecular complexity index is 1180. The van der Waals surface area contributed by atoms with Crippen molar-refractivity contribution < 1.29 is 23.9 Å². The molecule has 2 aliphatic rings. The summed E-state index contributed by atoms with van der Waals surface area (Å²) in [6, 6.07) is 18.2. The first kappa shape index (κ1) is 29.9. The van der Waals surface area contributed by atoms with Gasteiger partial charge in [0.05, 0.1) is 0 Å². The van der Waals surface area contributed by atoms with Crippen LogP contribution < -0.4 is 15.5 Å². The summed E-state index contributed by atoms with van der Waals surface area (Å²) in [7, 11) is 1.75. The maximum Gasteiger partial charge on any atom is 0.407 e. The lowest BCUT2D eigenvalue weighted by Crippen LogP contribution is -2.73. The van der Waals surface area contributed by atoms with Crippen LogP contribution in [0.2, 0.25) is 0 Å². The van der Waals surface area contributed by atoms with Gasteiger partial charge in [0, 0.05) is 38.9 Å². The first-order valence-electron chi connectivity index (χ1n) is 14.5. The van der Waals surface area contributed by atoms with Crippen molar-refractivity contribution in [1.82, 2.24) is 20.4 Å². The number of benzene rings is 2. The Morgan fingerprint density at radius 2 is 1.68 bits per heavy atom. The number of urea groups is 1. The first-order valence-corrected chi connectivity index (χ1v) is 14.5. The highest BCUT2D eigenvalue weighted by Gasteiger charge is 2.53. The molecule has 0 saturated carbocycles. The van der Waals surface area contributed by atoms with Crippen LogP contribution in [0.5, 0.6) is 0 Å². The molecule has 10 heteroatoms. The summed E-state index contributed by atoms with van der Waals surface area (Å²) in [5.74, 6) is -0.204. The molecule has 10 nitrogen and oxygen atoms in total. The van der Waals surface area contributed by atoms with Crippen LogP contribution in [0, 0.1) is 0 Å². The fraction of sp³-hybridized carbons (Fsp3) is 0.484. The highest BCUT2D eigenvalue weighted by Crippen LogP contribution is 2.34. The molecule has 2 aliphatic heterocycles. The second-order valence-corrected chi connectivity index (χ2v) is 10.7. The molecule has 0 radical (unpaired) electrons. The van der Waals surface area contributed by atoms with Crippen molar-refractivity contribution in [2.75, 3.05) is 38.1 Å². The van der Waals surface area contributed by atoms with Gasteiger partial charge in [0.25, 0.3) is 0 Å². The lowest BCUT2D eigenvalue weighted by molar-refractivity contribution is -0.161. The number of carbonyl (C=O) groups excluding carboxylic acids is 4. The SMILES string of the molecule is CCCN1C(=O)[C@H](CCCCNC(=O)OCc2ccccc2)NC(=O)C12CCN(C(=O)N(C)c1ccccc1)CC2. The van der Waals surface area contributed by atoms with Crippen molar-refractivity contribution in [2.24, 2.45) is 0 Å². The Labute approximate surface area is 242 Å². The summed E-state index contributed by atoms with van der Waals surface area (Å²) in [6.45, 7) is 3.92. The highest BCUT2D eigenvalue weighted by atomic mass is 16.5. The molecule has 2 saturated heterocycles. The van der Waals surface area contributed by atoms with E-state index in [2.05, 4.69) is 10.6 Å². The molecule has 2 heterocycles. The molecular weight excluding hydrogens is 522 g/mol. The number of unbranched alkanes of at least 4 members (excludes halogenated alkanes) is 1. The van der Waals surface area contributed by atoms with E-state index >= 15 is 0 Å². The van der Waals surface area contributed by atoms with Crippen LogP contribution in [0.15, 0.2) is 60.7 Å². The van der Waals surface area contributed by atoms with Crippen LogP contribution in [0.3, 0.4) is 0 Å². The third-order valence-electron chi connectivity index (χ3n) is 7.95. The predicted octanol–water partition coefficient (Wildman–Crippen LogP) is 3.91. The van der Waals surface area contributed by atoms with Crippen LogP contribution >= 0.6 is 0 Å². The smallest absolute Gasteiger partial charge is 0.407 e. The zero-order valence-electron chi connectivity index (χ0n) is 24.0. The molecule has 1 atom stereocenters. The molecule has 220 valence electrons. The van der Waals surface area contributed by atoms with Crippen molar-refractivity contribution in [3.63, 3.8) is 0 Å². The topological polar surface area (TPSA) is 111 Å². The van der Waals surface area contributed by atoms with Crippen LogP contribution in [-0.2, 0) is 20.9 Å². The highest BCUT2D eigenvalue weighted by molar-refractivity contribution is 6.00. The standard InChI is InChI=1S/C31H41N5O5/c1-3-20-36-27(37)26(16-10-11-19-32-29(39)41-23-24-12-6-4-7-13-24)33-28(38)31(36)17-21-35(22-18-31)30(40)34(2)25-14-8-5-9-15-25/h4-9,12-15,26H,3,10-11,16-23H2,1-2H3,(H,32,39)(H,33,38)/t26-/m0/s1. The van der Waals surface area contributed by atoms with E-state index in [1.165, 1.54) is 0 Å². The predicted molar refractivity (Wildman–Crippen MR) is 156 cm³/mol. The normalized spacial score (nSPS) is 18.1. The number of nitrogens with one attached hydrogen (secondary N) is 2. The Kier molecular flexibility index (Phi) is 10.2. The molecule has 5 amide bonds. The summed E-state index contributed by atoms with van der Waals surface area (Å²) in [5, 5.41) is 5.73. The van der Waals surface area contributed by atoms with Crippen molar-refractivity contribution in [3.05, 3.63) is 66.2 Å². The van der Waals surface area contributed by atoms with E-state index in [1.807, 2.05) is 67.6 Å². The van der Waals surface area contributed by atoms with Gasteiger partial charge in [0.15, 0.2) is 0 Å². The fourth-order valence-electron chi connectivity index (χ4n) is 5.60. The fourth-order valence-corrected chi connectivity index (χ4v) is 5.60. The van der Waals surface area contributed by atoms with Crippen molar-refractivity contribution in [3.8, 4) is 0 Å². The molecule has 41 heavy (non-hydrogen) atoms. The molecule has 2 aromatic carbocycles. The van der Waals surface area contributed by atoms with Crippen LogP contribution in [0.1, 0.15) is 51.0 Å². The molecule has 4 rings (SSSR count). The van der Waals surface area contributed by atoms with E-state index in [1.54, 1.807) is 21.7 Å². The maximum absolute atomic E-state index is 13.6. The largest absolute Gasteiger partial charge is 0.445 e. The molecule has 0 unspecified atom stereocenters. The second kappa shape index (κ2) is 14.0. The van der Waals surface area contributed by atoms with E-state index < -0.39 is 17.7 Å². The van der Waals surface area contributed by atoms with Crippen LogP contribution in [0.25, 0.3) is 0 Å². The number of piperidine rings is 1. The first-order chi connectivity index (χ1) is 19.9. The molecule has 0 aromatic heterocycles. The number of ether oxygens (including phenoxy) is 1. The van der Waals surface area contributed by atoms with Gasteiger partial charge in [0.1, 0.15) is 18.2 Å². The molecule has 1 spiro atoms. The van der Waals surface area contributed by atoms with Crippen LogP contribution in [-0.4, -0.2) is 78.5 Å². The van der Waals surface area contributed by atoms with Gasteiger partial charge in [-0.2, -0.15) is 0 Å². The third kappa shape index (κ3) is 7.17. The molecule has 2 N–H and O–H groups in total. The van der Waals surface area contributed by atoms with E-state index in [-0.39, 0.29) is 24.5 Å². The average molecular weight is 564 g/mol. The van der Waals surface area contributed by atoms with Crippen molar-refractivity contribution >= 4 is 29.6 Å². The molecule has 0 aliphatic carbocycles. The number of hydrogen-bond donors (Lipinski definition) is 2. The summed E-state index contributed by atoms with van der Waals surface area (Å²) in [6.07, 6.45) is 2.88. The third-order valence-corrected chi connectivity index (χ3v) is 7.95. The number of amides is 5. The minimum atomic E-state index is -0.935. The zero-order valence-corrected chi connectivity index (χ0v) is 24.0. The van der Waals surface area contributed by atoms with Gasteiger partial charge < -0.3 is 25.2 Å². The molecule has 2 fully saturated rings. The average Bonchev–Trinajstić information content (AvgIpc) is 3.01. The van der Waals surface area contributed by atoms with Crippen molar-refractivity contribution in [1.29, 1.82) is 0 Å². The van der Waals surface area contributed by atoms with E-state index in [0.29, 0.717) is 58.3 Å².